The van der Waals surface area contributed by atoms with Crippen LogP contribution in [0.25, 0.3) is 0 Å². The molecule has 101 valence electrons. The van der Waals surface area contributed by atoms with E-state index in [1.807, 2.05) is 0 Å². The molecule has 0 aromatic heterocycles. The van der Waals surface area contributed by atoms with Gasteiger partial charge in [0.1, 0.15) is 0 Å². The summed E-state index contributed by atoms with van der Waals surface area (Å²) in [6, 6.07) is 0.578. The summed E-state index contributed by atoms with van der Waals surface area (Å²) in [6.45, 7) is 7.81. The van der Waals surface area contributed by atoms with Gasteiger partial charge in [0.15, 0.2) is 0 Å². The van der Waals surface area contributed by atoms with Crippen LogP contribution in [0, 0.1) is 0 Å². The van der Waals surface area contributed by atoms with Gasteiger partial charge in [0, 0.05) is 12.6 Å². The predicted molar refractivity (Wildman–Crippen MR) is 78.5 cm³/mol. The lowest BCUT2D eigenvalue weighted by molar-refractivity contribution is 0.462. The molecule has 1 heteroatoms. The molecule has 17 heavy (non-hydrogen) atoms. The molecule has 0 spiro atoms. The van der Waals surface area contributed by atoms with Gasteiger partial charge in [-0.2, -0.15) is 0 Å². The molecule has 0 aliphatic carbocycles. The Bertz CT molecular complexity index is 163. The molecule has 0 saturated carbocycles. The van der Waals surface area contributed by atoms with Gasteiger partial charge in [-0.25, -0.2) is 5.32 Å². The van der Waals surface area contributed by atoms with Gasteiger partial charge >= 0.3 is 0 Å². The second-order valence-electron chi connectivity index (χ2n) is 4.91. The Hall–Kier alpha value is -0.300. The highest BCUT2D eigenvalue weighted by Gasteiger charge is 2.05. The topological polar surface area (TPSA) is 14.1 Å². The zero-order valence-electron chi connectivity index (χ0n) is 12.3. The molecule has 1 nitrogen and oxygen atoms in total. The molecule has 0 bridgehead atoms. The maximum absolute atomic E-state index is 4.79. The summed E-state index contributed by atoms with van der Waals surface area (Å²) < 4.78 is 0. The Kier molecular flexibility index (Phi) is 13.5. The van der Waals surface area contributed by atoms with Crippen molar-refractivity contribution >= 4 is 0 Å². The van der Waals surface area contributed by atoms with Crippen LogP contribution >= 0.6 is 0 Å². The number of allylic oxidation sites excluding steroid dienone is 1. The second-order valence-corrected chi connectivity index (χ2v) is 4.91. The van der Waals surface area contributed by atoms with Crippen LogP contribution in [0.4, 0.5) is 0 Å². The molecule has 0 aliphatic heterocycles. The Morgan fingerprint density at radius 3 is 2.29 bits per heavy atom. The van der Waals surface area contributed by atoms with E-state index in [0.29, 0.717) is 6.04 Å². The third-order valence-corrected chi connectivity index (χ3v) is 3.07. The van der Waals surface area contributed by atoms with E-state index in [1.165, 1.54) is 51.4 Å². The number of hydrogen-bond donors (Lipinski definition) is 0. The Morgan fingerprint density at radius 1 is 0.882 bits per heavy atom. The normalized spacial score (nSPS) is 13.4. The first-order valence-electron chi connectivity index (χ1n) is 7.66. The van der Waals surface area contributed by atoms with Gasteiger partial charge in [-0.3, -0.25) is 0 Å². The molecule has 1 radical (unpaired) electrons. The van der Waals surface area contributed by atoms with Crippen LogP contribution in [0.15, 0.2) is 12.2 Å². The van der Waals surface area contributed by atoms with E-state index in [4.69, 9.17) is 5.32 Å². The van der Waals surface area contributed by atoms with Gasteiger partial charge in [-0.1, -0.05) is 58.6 Å². The highest BCUT2D eigenvalue weighted by molar-refractivity contribution is 4.86. The molecule has 0 aromatic rings. The summed E-state index contributed by atoms with van der Waals surface area (Å²) in [5.41, 5.74) is 0. The summed E-state index contributed by atoms with van der Waals surface area (Å²) in [5.74, 6) is 0. The minimum Gasteiger partial charge on any atom is -0.238 e. The van der Waals surface area contributed by atoms with Gasteiger partial charge < -0.3 is 0 Å². The van der Waals surface area contributed by atoms with Gasteiger partial charge in [-0.15, -0.1) is 0 Å². The lowest BCUT2D eigenvalue weighted by atomic mass is 10.1. The summed E-state index contributed by atoms with van der Waals surface area (Å²) in [5, 5.41) is 4.79. The van der Waals surface area contributed by atoms with E-state index in [-0.39, 0.29) is 0 Å². The number of hydrogen-bond acceptors (Lipinski definition) is 0. The molecular formula is C16H32N. The van der Waals surface area contributed by atoms with E-state index in [0.717, 1.165) is 13.0 Å². The Morgan fingerprint density at radius 2 is 1.65 bits per heavy atom. The molecule has 0 aromatic carbocycles. The zero-order chi connectivity index (χ0) is 12.8. The van der Waals surface area contributed by atoms with Gasteiger partial charge in [0.2, 0.25) is 0 Å². The van der Waals surface area contributed by atoms with Crippen LogP contribution in [-0.4, -0.2) is 12.6 Å². The fraction of sp³-hybridized carbons (Fsp3) is 0.875. The van der Waals surface area contributed by atoms with E-state index in [1.54, 1.807) is 0 Å². The van der Waals surface area contributed by atoms with Crippen LogP contribution < -0.4 is 5.32 Å². The first kappa shape index (κ1) is 16.7. The Balaban J connectivity index is 3.59. The van der Waals surface area contributed by atoms with Crippen molar-refractivity contribution in [1.82, 2.24) is 5.32 Å². The summed E-state index contributed by atoms with van der Waals surface area (Å²) in [7, 11) is 0. The van der Waals surface area contributed by atoms with Gasteiger partial charge in [-0.05, 0) is 32.1 Å². The lowest BCUT2D eigenvalue weighted by Gasteiger charge is -2.13. The first-order valence-corrected chi connectivity index (χ1v) is 7.66. The van der Waals surface area contributed by atoms with Crippen molar-refractivity contribution in [2.45, 2.75) is 84.6 Å². The van der Waals surface area contributed by atoms with E-state index in [9.17, 15) is 0 Å². The molecular weight excluding hydrogens is 206 g/mol. The zero-order valence-corrected chi connectivity index (χ0v) is 12.3. The number of unbranched alkanes of at least 4 members (excludes halogenated alkanes) is 4. The molecule has 0 saturated heterocycles. The maximum Gasteiger partial charge on any atom is 0.0280 e. The molecule has 0 aliphatic rings. The lowest BCUT2D eigenvalue weighted by Crippen LogP contribution is -2.22. The quantitative estimate of drug-likeness (QED) is 0.332. The average Bonchev–Trinajstić information content (AvgIpc) is 2.34. The summed E-state index contributed by atoms with van der Waals surface area (Å²) in [4.78, 5) is 0. The molecule has 1 unspecified atom stereocenters. The average molecular weight is 238 g/mol. The molecule has 0 amide bonds. The summed E-state index contributed by atoms with van der Waals surface area (Å²) in [6.07, 6.45) is 16.2. The van der Waals surface area contributed by atoms with Crippen LogP contribution in [0.3, 0.4) is 0 Å². The largest absolute Gasteiger partial charge is 0.238 e. The fourth-order valence-electron chi connectivity index (χ4n) is 1.93. The molecule has 0 heterocycles. The maximum atomic E-state index is 4.79. The van der Waals surface area contributed by atoms with Crippen molar-refractivity contribution in [1.29, 1.82) is 0 Å². The Labute approximate surface area is 109 Å². The molecule has 0 rings (SSSR count). The smallest absolute Gasteiger partial charge is 0.0280 e. The van der Waals surface area contributed by atoms with Crippen molar-refractivity contribution in [2.24, 2.45) is 0 Å². The fourth-order valence-corrected chi connectivity index (χ4v) is 1.93. The third-order valence-electron chi connectivity index (χ3n) is 3.07. The third kappa shape index (κ3) is 12.0. The highest BCUT2D eigenvalue weighted by Crippen LogP contribution is 2.06. The predicted octanol–water partition coefficient (Wildman–Crippen LogP) is 5.09. The second kappa shape index (κ2) is 13.8. The van der Waals surface area contributed by atoms with E-state index < -0.39 is 0 Å². The van der Waals surface area contributed by atoms with Crippen LogP contribution in [-0.2, 0) is 0 Å². The van der Waals surface area contributed by atoms with Crippen LogP contribution in [0.5, 0.6) is 0 Å². The minimum atomic E-state index is 0.578. The number of nitrogens with zero attached hydrogens (tertiary/aromatic N) is 1. The van der Waals surface area contributed by atoms with E-state index >= 15 is 0 Å². The first-order chi connectivity index (χ1) is 8.35. The standard InChI is InChI=1S/C16H32N/c1-4-7-9-10-11-12-14-16(13-6-3)17-15-8-5-2/h11-12,16H,4-10,13-15H2,1-3H3/b12-11+. The van der Waals surface area contributed by atoms with Crippen LogP contribution in [0.1, 0.15) is 78.6 Å². The van der Waals surface area contributed by atoms with Crippen molar-refractivity contribution in [3.63, 3.8) is 0 Å². The van der Waals surface area contributed by atoms with Crippen molar-refractivity contribution < 1.29 is 0 Å². The molecule has 1 atom stereocenters. The molecule has 0 fully saturated rings. The van der Waals surface area contributed by atoms with Gasteiger partial charge in [0.05, 0.1) is 0 Å². The SMILES string of the molecule is CCCCC/C=C/CC(CCC)[N]CCCC. The van der Waals surface area contributed by atoms with Crippen LogP contribution in [0.2, 0.25) is 0 Å². The summed E-state index contributed by atoms with van der Waals surface area (Å²) >= 11 is 0. The van der Waals surface area contributed by atoms with Crippen molar-refractivity contribution in [2.75, 3.05) is 6.54 Å². The van der Waals surface area contributed by atoms with Crippen molar-refractivity contribution in [3.8, 4) is 0 Å². The molecule has 0 N–H and O–H groups in total. The van der Waals surface area contributed by atoms with E-state index in [2.05, 4.69) is 32.9 Å². The van der Waals surface area contributed by atoms with Gasteiger partial charge in [0.25, 0.3) is 0 Å². The minimum absolute atomic E-state index is 0.578. The van der Waals surface area contributed by atoms with Crippen molar-refractivity contribution in [3.05, 3.63) is 12.2 Å². The number of rotatable bonds is 12. The highest BCUT2D eigenvalue weighted by atomic mass is 14.9. The monoisotopic (exact) mass is 238 g/mol.